The number of hydrogen-bond acceptors (Lipinski definition) is 3. The zero-order valence-electron chi connectivity index (χ0n) is 13.7. The number of hydrogen-bond donors (Lipinski definition) is 1. The Morgan fingerprint density at radius 3 is 2.56 bits per heavy atom. The highest BCUT2D eigenvalue weighted by atomic mass is 19.1. The number of benzene rings is 2. The standard InChI is InChI=1S/C19H17FN2O3/c1-2-22-18(23)17(21-19(22)24)11-13-6-8-16(9-7-13)25-12-14-4-3-5-15(20)10-14/h3-11H,2,12H2,1H3,(H,21,24)/b17-11+. The molecule has 0 unspecified atom stereocenters. The van der Waals surface area contributed by atoms with Gasteiger partial charge in [0.25, 0.3) is 5.91 Å². The van der Waals surface area contributed by atoms with E-state index >= 15 is 0 Å². The van der Waals surface area contributed by atoms with Crippen LogP contribution in [0.2, 0.25) is 0 Å². The van der Waals surface area contributed by atoms with Gasteiger partial charge in [-0.25, -0.2) is 9.18 Å². The molecule has 128 valence electrons. The first-order chi connectivity index (χ1) is 12.1. The normalized spacial score (nSPS) is 15.6. The van der Waals surface area contributed by atoms with Crippen LogP contribution in [0.5, 0.6) is 5.75 Å². The van der Waals surface area contributed by atoms with Crippen molar-refractivity contribution in [3.63, 3.8) is 0 Å². The third-order valence-electron chi connectivity index (χ3n) is 3.76. The molecule has 0 spiro atoms. The molecule has 2 aromatic rings. The number of urea groups is 1. The Morgan fingerprint density at radius 1 is 1.16 bits per heavy atom. The van der Waals surface area contributed by atoms with Crippen molar-refractivity contribution in [2.24, 2.45) is 0 Å². The second-order valence-electron chi connectivity index (χ2n) is 5.53. The van der Waals surface area contributed by atoms with Crippen molar-refractivity contribution >= 4 is 18.0 Å². The van der Waals surface area contributed by atoms with Gasteiger partial charge in [-0.05, 0) is 48.4 Å². The lowest BCUT2D eigenvalue weighted by Crippen LogP contribution is -2.30. The van der Waals surface area contributed by atoms with Gasteiger partial charge in [-0.2, -0.15) is 0 Å². The van der Waals surface area contributed by atoms with Gasteiger partial charge in [0.05, 0.1) is 0 Å². The lowest BCUT2D eigenvalue weighted by atomic mass is 10.2. The van der Waals surface area contributed by atoms with Crippen LogP contribution in [0.25, 0.3) is 6.08 Å². The Labute approximate surface area is 144 Å². The maximum absolute atomic E-state index is 13.1. The van der Waals surface area contributed by atoms with E-state index in [1.54, 1.807) is 49.4 Å². The molecule has 3 amide bonds. The summed E-state index contributed by atoms with van der Waals surface area (Å²) in [7, 11) is 0. The molecule has 0 aromatic heterocycles. The molecule has 1 N–H and O–H groups in total. The Hall–Kier alpha value is -3.15. The zero-order valence-corrected chi connectivity index (χ0v) is 13.7. The maximum atomic E-state index is 13.1. The molecular formula is C19H17FN2O3. The highest BCUT2D eigenvalue weighted by Gasteiger charge is 2.31. The number of rotatable bonds is 5. The van der Waals surface area contributed by atoms with E-state index in [1.807, 2.05) is 0 Å². The molecule has 1 aliphatic heterocycles. The molecule has 1 saturated heterocycles. The number of carbonyl (C=O) groups is 2. The van der Waals surface area contributed by atoms with Crippen molar-refractivity contribution in [1.29, 1.82) is 0 Å². The number of amides is 3. The van der Waals surface area contributed by atoms with E-state index in [-0.39, 0.29) is 24.0 Å². The van der Waals surface area contributed by atoms with Crippen LogP contribution in [-0.4, -0.2) is 23.4 Å². The molecule has 5 nitrogen and oxygen atoms in total. The predicted molar refractivity (Wildman–Crippen MR) is 91.1 cm³/mol. The first-order valence-electron chi connectivity index (χ1n) is 7.88. The van der Waals surface area contributed by atoms with Gasteiger partial charge in [0.1, 0.15) is 23.9 Å². The van der Waals surface area contributed by atoms with E-state index in [0.717, 1.165) is 16.0 Å². The molecule has 6 heteroatoms. The average molecular weight is 340 g/mol. The van der Waals surface area contributed by atoms with Crippen LogP contribution in [0.15, 0.2) is 54.2 Å². The molecule has 3 rings (SSSR count). The monoisotopic (exact) mass is 340 g/mol. The first kappa shape index (κ1) is 16.7. The lowest BCUT2D eigenvalue weighted by molar-refractivity contribution is -0.122. The van der Waals surface area contributed by atoms with Crippen molar-refractivity contribution in [3.05, 3.63) is 71.2 Å². The van der Waals surface area contributed by atoms with Crippen molar-refractivity contribution in [2.75, 3.05) is 6.54 Å². The van der Waals surface area contributed by atoms with Crippen molar-refractivity contribution in [3.8, 4) is 5.75 Å². The molecule has 0 bridgehead atoms. The quantitative estimate of drug-likeness (QED) is 0.671. The number of nitrogens with one attached hydrogen (secondary N) is 1. The fourth-order valence-corrected chi connectivity index (χ4v) is 2.48. The smallest absolute Gasteiger partial charge is 0.328 e. The highest BCUT2D eigenvalue weighted by Crippen LogP contribution is 2.18. The Morgan fingerprint density at radius 2 is 1.92 bits per heavy atom. The van der Waals surface area contributed by atoms with Gasteiger partial charge in [0.15, 0.2) is 0 Å². The molecule has 25 heavy (non-hydrogen) atoms. The van der Waals surface area contributed by atoms with Gasteiger partial charge >= 0.3 is 6.03 Å². The van der Waals surface area contributed by atoms with Crippen LogP contribution in [0.1, 0.15) is 18.1 Å². The summed E-state index contributed by atoms with van der Waals surface area (Å²) in [5, 5.41) is 2.55. The largest absolute Gasteiger partial charge is 0.489 e. The average Bonchev–Trinajstić information content (AvgIpc) is 2.87. The molecule has 0 atom stereocenters. The lowest BCUT2D eigenvalue weighted by Gasteiger charge is -2.07. The summed E-state index contributed by atoms with van der Waals surface area (Å²) < 4.78 is 18.7. The Kier molecular flexibility index (Phi) is 4.79. The number of likely N-dealkylation sites (N-methyl/N-ethyl adjacent to an activating group) is 1. The Balaban J connectivity index is 1.65. The molecule has 0 radical (unpaired) electrons. The third-order valence-corrected chi connectivity index (χ3v) is 3.76. The van der Waals surface area contributed by atoms with Crippen molar-refractivity contribution in [2.45, 2.75) is 13.5 Å². The van der Waals surface area contributed by atoms with Gasteiger partial charge in [-0.15, -0.1) is 0 Å². The fourth-order valence-electron chi connectivity index (χ4n) is 2.48. The van der Waals surface area contributed by atoms with Crippen LogP contribution in [0.4, 0.5) is 9.18 Å². The molecule has 1 heterocycles. The molecule has 1 aliphatic rings. The minimum atomic E-state index is -0.409. The van der Waals surface area contributed by atoms with Crippen LogP contribution >= 0.6 is 0 Å². The van der Waals surface area contributed by atoms with Gasteiger partial charge in [0, 0.05) is 6.54 Å². The third kappa shape index (κ3) is 3.85. The summed E-state index contributed by atoms with van der Waals surface area (Å²) in [6.07, 6.45) is 1.62. The van der Waals surface area contributed by atoms with E-state index in [2.05, 4.69) is 5.32 Å². The van der Waals surface area contributed by atoms with Gasteiger partial charge in [-0.1, -0.05) is 24.3 Å². The molecule has 1 fully saturated rings. The molecule has 0 saturated carbocycles. The summed E-state index contributed by atoms with van der Waals surface area (Å²) in [4.78, 5) is 24.8. The number of halogens is 1. The van der Waals surface area contributed by atoms with Gasteiger partial charge in [0.2, 0.25) is 0 Å². The second kappa shape index (κ2) is 7.17. The summed E-state index contributed by atoms with van der Waals surface area (Å²) in [5.41, 5.74) is 1.75. The predicted octanol–water partition coefficient (Wildman–Crippen LogP) is 3.32. The SMILES string of the molecule is CCN1C(=O)N/C(=C/c2ccc(OCc3cccc(F)c3)cc2)C1=O. The second-order valence-corrected chi connectivity index (χ2v) is 5.53. The van der Waals surface area contributed by atoms with E-state index in [9.17, 15) is 14.0 Å². The van der Waals surface area contributed by atoms with Crippen LogP contribution in [0.3, 0.4) is 0 Å². The number of nitrogens with zero attached hydrogens (tertiary/aromatic N) is 1. The molecule has 0 aliphatic carbocycles. The summed E-state index contributed by atoms with van der Waals surface area (Å²) in [5.74, 6) is -0.00483. The maximum Gasteiger partial charge on any atom is 0.328 e. The van der Waals surface area contributed by atoms with Crippen LogP contribution in [-0.2, 0) is 11.4 Å². The first-order valence-corrected chi connectivity index (χ1v) is 7.88. The number of ether oxygens (including phenoxy) is 1. The van der Waals surface area contributed by atoms with Crippen molar-refractivity contribution < 1.29 is 18.7 Å². The van der Waals surface area contributed by atoms with Crippen LogP contribution < -0.4 is 10.1 Å². The minimum Gasteiger partial charge on any atom is -0.489 e. The van der Waals surface area contributed by atoms with E-state index in [0.29, 0.717) is 12.3 Å². The van der Waals surface area contributed by atoms with E-state index < -0.39 is 6.03 Å². The molecular weight excluding hydrogens is 323 g/mol. The number of imide groups is 1. The highest BCUT2D eigenvalue weighted by molar-refractivity contribution is 6.13. The van der Waals surface area contributed by atoms with Crippen LogP contribution in [0, 0.1) is 5.82 Å². The van der Waals surface area contributed by atoms with Gasteiger partial charge in [-0.3, -0.25) is 9.69 Å². The summed E-state index contributed by atoms with van der Waals surface area (Å²) in [6, 6.07) is 12.9. The summed E-state index contributed by atoms with van der Waals surface area (Å²) >= 11 is 0. The van der Waals surface area contributed by atoms with E-state index in [1.165, 1.54) is 12.1 Å². The van der Waals surface area contributed by atoms with Gasteiger partial charge < -0.3 is 10.1 Å². The Bertz CT molecular complexity index is 831. The summed E-state index contributed by atoms with van der Waals surface area (Å²) in [6.45, 7) is 2.33. The molecule has 2 aromatic carbocycles. The van der Waals surface area contributed by atoms with E-state index in [4.69, 9.17) is 4.74 Å². The zero-order chi connectivity index (χ0) is 17.8. The number of carbonyl (C=O) groups excluding carboxylic acids is 2. The minimum absolute atomic E-state index is 0.250. The fraction of sp³-hybridized carbons (Fsp3) is 0.158. The topological polar surface area (TPSA) is 58.6 Å². The van der Waals surface area contributed by atoms with Crippen molar-refractivity contribution in [1.82, 2.24) is 10.2 Å².